The second-order valence-electron chi connectivity index (χ2n) is 5.31. The van der Waals surface area contributed by atoms with E-state index in [1.165, 1.54) is 19.3 Å². The Morgan fingerprint density at radius 2 is 2.07 bits per heavy atom. The molecule has 0 aromatic heterocycles. The van der Waals surface area contributed by atoms with E-state index in [2.05, 4.69) is 18.7 Å². The van der Waals surface area contributed by atoms with Crippen molar-refractivity contribution in [2.24, 2.45) is 5.73 Å². The third kappa shape index (κ3) is 1.69. The van der Waals surface area contributed by atoms with Crippen molar-refractivity contribution >= 4 is 0 Å². The highest BCUT2D eigenvalue weighted by molar-refractivity contribution is 5.01. The van der Waals surface area contributed by atoms with Crippen LogP contribution in [-0.2, 0) is 4.74 Å². The molecule has 1 saturated heterocycles. The lowest BCUT2D eigenvalue weighted by Crippen LogP contribution is -2.64. The quantitative estimate of drug-likeness (QED) is 0.719. The molecule has 14 heavy (non-hydrogen) atoms. The Balaban J connectivity index is 2.03. The maximum Gasteiger partial charge on any atom is 0.0753 e. The molecule has 1 aliphatic carbocycles. The van der Waals surface area contributed by atoms with E-state index in [-0.39, 0.29) is 5.60 Å². The fraction of sp³-hybridized carbons (Fsp3) is 1.00. The molecule has 0 spiro atoms. The molecule has 0 bridgehead atoms. The zero-order chi connectivity index (χ0) is 10.2. The second kappa shape index (κ2) is 3.47. The van der Waals surface area contributed by atoms with Gasteiger partial charge in [-0.2, -0.15) is 0 Å². The highest BCUT2D eigenvalue weighted by atomic mass is 16.5. The number of ether oxygens (including phenoxy) is 1. The Bertz CT molecular complexity index is 206. The molecular weight excluding hydrogens is 176 g/mol. The van der Waals surface area contributed by atoms with Crippen LogP contribution in [0.5, 0.6) is 0 Å². The molecule has 1 heterocycles. The zero-order valence-corrected chi connectivity index (χ0v) is 9.38. The number of hydrogen-bond donors (Lipinski definition) is 1. The summed E-state index contributed by atoms with van der Waals surface area (Å²) in [5.41, 5.74) is 6.24. The van der Waals surface area contributed by atoms with Gasteiger partial charge in [0, 0.05) is 25.2 Å². The van der Waals surface area contributed by atoms with Crippen LogP contribution in [-0.4, -0.2) is 42.3 Å². The van der Waals surface area contributed by atoms with E-state index >= 15 is 0 Å². The van der Waals surface area contributed by atoms with Gasteiger partial charge in [-0.3, -0.25) is 4.90 Å². The molecule has 2 N–H and O–H groups in total. The number of nitrogens with zero attached hydrogens (tertiary/aromatic N) is 1. The molecule has 0 aromatic rings. The Labute approximate surface area is 86.6 Å². The third-order valence-corrected chi connectivity index (χ3v) is 3.76. The Morgan fingerprint density at radius 1 is 1.36 bits per heavy atom. The van der Waals surface area contributed by atoms with E-state index < -0.39 is 0 Å². The first-order valence-corrected chi connectivity index (χ1v) is 5.67. The van der Waals surface area contributed by atoms with Crippen LogP contribution < -0.4 is 5.73 Å². The summed E-state index contributed by atoms with van der Waals surface area (Å²) in [5.74, 6) is 0. The number of nitrogens with two attached hydrogens (primary N) is 1. The molecule has 1 saturated carbocycles. The van der Waals surface area contributed by atoms with Crippen LogP contribution in [0.1, 0.15) is 33.1 Å². The van der Waals surface area contributed by atoms with Crippen molar-refractivity contribution in [3.63, 3.8) is 0 Å². The van der Waals surface area contributed by atoms with Crippen molar-refractivity contribution in [1.29, 1.82) is 0 Å². The highest BCUT2D eigenvalue weighted by Crippen LogP contribution is 2.38. The van der Waals surface area contributed by atoms with Crippen molar-refractivity contribution in [1.82, 2.24) is 4.90 Å². The second-order valence-corrected chi connectivity index (χ2v) is 5.31. The number of morpholine rings is 1. The van der Waals surface area contributed by atoms with E-state index in [1.807, 2.05) is 0 Å². The predicted octanol–water partition coefficient (Wildman–Crippen LogP) is 0.979. The van der Waals surface area contributed by atoms with Gasteiger partial charge in [-0.15, -0.1) is 0 Å². The lowest BCUT2D eigenvalue weighted by atomic mass is 9.74. The number of rotatable bonds is 2. The molecule has 0 amide bonds. The summed E-state index contributed by atoms with van der Waals surface area (Å²) in [5, 5.41) is 0. The van der Waals surface area contributed by atoms with Crippen LogP contribution in [0.4, 0.5) is 0 Å². The monoisotopic (exact) mass is 198 g/mol. The fourth-order valence-corrected chi connectivity index (χ4v) is 2.66. The summed E-state index contributed by atoms with van der Waals surface area (Å²) in [4.78, 5) is 2.56. The van der Waals surface area contributed by atoms with Gasteiger partial charge in [0.25, 0.3) is 0 Å². The Kier molecular flexibility index (Phi) is 2.58. The van der Waals surface area contributed by atoms with Gasteiger partial charge in [0.15, 0.2) is 0 Å². The summed E-state index contributed by atoms with van der Waals surface area (Å²) in [6, 6.07) is 0. The van der Waals surface area contributed by atoms with Crippen LogP contribution in [0.15, 0.2) is 0 Å². The van der Waals surface area contributed by atoms with Gasteiger partial charge in [0.2, 0.25) is 0 Å². The molecule has 2 rings (SSSR count). The standard InChI is InChI=1S/C11H22N2O/c1-10(2)9-13(6-7-14-10)11(8-12)4-3-5-11/h3-9,12H2,1-2H3. The first-order chi connectivity index (χ1) is 6.58. The first-order valence-electron chi connectivity index (χ1n) is 5.67. The lowest BCUT2D eigenvalue weighted by molar-refractivity contribution is -0.130. The fourth-order valence-electron chi connectivity index (χ4n) is 2.66. The SMILES string of the molecule is CC1(C)CN(C2(CN)CCC2)CCO1. The summed E-state index contributed by atoms with van der Waals surface area (Å²) >= 11 is 0. The predicted molar refractivity (Wildman–Crippen MR) is 57.2 cm³/mol. The molecule has 82 valence electrons. The summed E-state index contributed by atoms with van der Waals surface area (Å²) < 4.78 is 5.72. The molecule has 1 aliphatic heterocycles. The zero-order valence-electron chi connectivity index (χ0n) is 9.38. The van der Waals surface area contributed by atoms with Gasteiger partial charge in [0.05, 0.1) is 12.2 Å². The maximum absolute atomic E-state index is 5.91. The molecule has 2 fully saturated rings. The Hall–Kier alpha value is -0.120. The van der Waals surface area contributed by atoms with Crippen molar-refractivity contribution < 1.29 is 4.74 Å². The van der Waals surface area contributed by atoms with Crippen molar-refractivity contribution in [3.05, 3.63) is 0 Å². The minimum atomic E-state index is 0.00993. The van der Waals surface area contributed by atoms with Gasteiger partial charge >= 0.3 is 0 Å². The minimum Gasteiger partial charge on any atom is -0.373 e. The van der Waals surface area contributed by atoms with E-state index in [9.17, 15) is 0 Å². The summed E-state index contributed by atoms with van der Waals surface area (Å²) in [7, 11) is 0. The van der Waals surface area contributed by atoms with Gasteiger partial charge in [-0.25, -0.2) is 0 Å². The molecule has 0 unspecified atom stereocenters. The normalized spacial score (nSPS) is 31.1. The van der Waals surface area contributed by atoms with E-state index in [0.717, 1.165) is 26.2 Å². The molecule has 3 nitrogen and oxygen atoms in total. The Morgan fingerprint density at radius 3 is 2.50 bits per heavy atom. The van der Waals surface area contributed by atoms with Crippen molar-refractivity contribution in [2.75, 3.05) is 26.2 Å². The largest absolute Gasteiger partial charge is 0.373 e. The third-order valence-electron chi connectivity index (χ3n) is 3.76. The van der Waals surface area contributed by atoms with Gasteiger partial charge in [-0.1, -0.05) is 0 Å². The average Bonchev–Trinajstić information content (AvgIpc) is 2.01. The summed E-state index contributed by atoms with van der Waals surface area (Å²) in [6.07, 6.45) is 3.90. The summed E-state index contributed by atoms with van der Waals surface area (Å²) in [6.45, 7) is 8.09. The van der Waals surface area contributed by atoms with Gasteiger partial charge < -0.3 is 10.5 Å². The molecule has 0 radical (unpaired) electrons. The van der Waals surface area contributed by atoms with Crippen LogP contribution in [0, 0.1) is 0 Å². The lowest BCUT2D eigenvalue weighted by Gasteiger charge is -2.54. The van der Waals surface area contributed by atoms with Gasteiger partial charge in [-0.05, 0) is 33.1 Å². The van der Waals surface area contributed by atoms with Crippen molar-refractivity contribution in [3.8, 4) is 0 Å². The first kappa shape index (κ1) is 10.4. The van der Waals surface area contributed by atoms with Gasteiger partial charge in [0.1, 0.15) is 0 Å². The van der Waals surface area contributed by atoms with E-state index in [4.69, 9.17) is 10.5 Å². The average molecular weight is 198 g/mol. The van der Waals surface area contributed by atoms with Crippen molar-refractivity contribution in [2.45, 2.75) is 44.2 Å². The van der Waals surface area contributed by atoms with E-state index in [1.54, 1.807) is 0 Å². The topological polar surface area (TPSA) is 38.5 Å². The van der Waals surface area contributed by atoms with Crippen LogP contribution in [0.3, 0.4) is 0 Å². The van der Waals surface area contributed by atoms with Crippen LogP contribution >= 0.6 is 0 Å². The number of hydrogen-bond acceptors (Lipinski definition) is 3. The van der Waals surface area contributed by atoms with Crippen LogP contribution in [0.25, 0.3) is 0 Å². The highest BCUT2D eigenvalue weighted by Gasteiger charge is 2.44. The smallest absolute Gasteiger partial charge is 0.0753 e. The minimum absolute atomic E-state index is 0.00993. The molecule has 0 aromatic carbocycles. The molecule has 3 heteroatoms. The molecule has 2 aliphatic rings. The molecule has 0 atom stereocenters. The van der Waals surface area contributed by atoms with E-state index in [0.29, 0.717) is 5.54 Å². The van der Waals surface area contributed by atoms with Crippen LogP contribution in [0.2, 0.25) is 0 Å². The maximum atomic E-state index is 5.91. The molecular formula is C11H22N2O.